The fraction of sp³-hybridized carbons (Fsp3) is 0.300. The smallest absolute Gasteiger partial charge is 0.253 e. The van der Waals surface area contributed by atoms with Gasteiger partial charge in [0, 0.05) is 5.56 Å². The highest BCUT2D eigenvalue weighted by Gasteiger charge is 2.22. The first-order valence-corrected chi connectivity index (χ1v) is 7.43. The van der Waals surface area contributed by atoms with Gasteiger partial charge in [-0.3, -0.25) is 0 Å². The molecule has 2 N–H and O–H groups in total. The molecule has 3 aromatic heterocycles. The summed E-state index contributed by atoms with van der Waals surface area (Å²) in [6, 6.07) is 0. The van der Waals surface area contributed by atoms with Crippen LogP contribution in [0.1, 0.15) is 17.7 Å². The number of hydrogen-bond acceptors (Lipinski definition) is 8. The second-order valence-electron chi connectivity index (χ2n) is 4.18. The Morgan fingerprint density at radius 3 is 3.11 bits per heavy atom. The number of fused-ring (bicyclic) bond motifs is 2. The molecule has 1 aliphatic rings. The molecule has 0 amide bonds. The normalized spacial score (nSPS) is 14.1. The van der Waals surface area contributed by atoms with Crippen molar-refractivity contribution >= 4 is 34.0 Å². The standard InChI is InChI=1S/C10H9N7S2/c11-8-15-16-10(19-8)18-7-5-2-1-3-6(5)14-9-12-4-13-17(7)9/h4H,1-3H2,(H2,11,15). The minimum Gasteiger partial charge on any atom is -0.374 e. The first-order valence-electron chi connectivity index (χ1n) is 5.79. The molecule has 0 radical (unpaired) electrons. The zero-order chi connectivity index (χ0) is 12.8. The van der Waals surface area contributed by atoms with Crippen molar-refractivity contribution < 1.29 is 0 Å². The van der Waals surface area contributed by atoms with Crippen molar-refractivity contribution in [1.82, 2.24) is 29.8 Å². The van der Waals surface area contributed by atoms with Crippen molar-refractivity contribution in [2.75, 3.05) is 5.73 Å². The van der Waals surface area contributed by atoms with Gasteiger partial charge in [0.2, 0.25) is 5.13 Å². The van der Waals surface area contributed by atoms with Crippen LogP contribution in [0.15, 0.2) is 15.7 Å². The minimum absolute atomic E-state index is 0.475. The van der Waals surface area contributed by atoms with Gasteiger partial charge < -0.3 is 5.73 Å². The van der Waals surface area contributed by atoms with Gasteiger partial charge in [0.1, 0.15) is 11.4 Å². The highest BCUT2D eigenvalue weighted by Crippen LogP contribution is 2.36. The van der Waals surface area contributed by atoms with Gasteiger partial charge in [-0.25, -0.2) is 4.98 Å². The largest absolute Gasteiger partial charge is 0.374 e. The van der Waals surface area contributed by atoms with Gasteiger partial charge in [0.25, 0.3) is 5.78 Å². The predicted octanol–water partition coefficient (Wildman–Crippen LogP) is 1.20. The number of nitrogens with two attached hydrogens (primary N) is 1. The van der Waals surface area contributed by atoms with Gasteiger partial charge in [-0.2, -0.15) is 14.6 Å². The van der Waals surface area contributed by atoms with E-state index in [0.29, 0.717) is 10.9 Å². The molecule has 9 heteroatoms. The maximum Gasteiger partial charge on any atom is 0.253 e. The maximum absolute atomic E-state index is 5.62. The van der Waals surface area contributed by atoms with Crippen LogP contribution in [0.2, 0.25) is 0 Å². The summed E-state index contributed by atoms with van der Waals surface area (Å²) in [5.74, 6) is 0.639. The lowest BCUT2D eigenvalue weighted by molar-refractivity contribution is 0.809. The number of aromatic nitrogens is 6. The lowest BCUT2D eigenvalue weighted by atomic mass is 10.3. The van der Waals surface area contributed by atoms with Crippen molar-refractivity contribution in [3.63, 3.8) is 0 Å². The molecular formula is C10H9N7S2. The molecule has 3 aromatic rings. The SMILES string of the molecule is Nc1nnc(Sc2c3c(nc4ncnn24)CCC3)s1. The van der Waals surface area contributed by atoms with E-state index in [1.165, 1.54) is 35.0 Å². The Morgan fingerprint density at radius 1 is 1.32 bits per heavy atom. The molecule has 1 aliphatic carbocycles. The Bertz CT molecular complexity index is 762. The zero-order valence-electron chi connectivity index (χ0n) is 9.78. The van der Waals surface area contributed by atoms with Crippen LogP contribution in [0.5, 0.6) is 0 Å². The fourth-order valence-electron chi connectivity index (χ4n) is 2.23. The number of rotatable bonds is 2. The topological polar surface area (TPSA) is 94.9 Å². The molecule has 96 valence electrons. The second-order valence-corrected chi connectivity index (χ2v) is 6.42. The molecular weight excluding hydrogens is 282 g/mol. The van der Waals surface area contributed by atoms with Crippen molar-refractivity contribution in [1.29, 1.82) is 0 Å². The van der Waals surface area contributed by atoms with E-state index in [-0.39, 0.29) is 0 Å². The molecule has 0 unspecified atom stereocenters. The van der Waals surface area contributed by atoms with E-state index in [1.54, 1.807) is 4.52 Å². The molecule has 0 bridgehead atoms. The monoisotopic (exact) mass is 291 g/mol. The third-order valence-corrected chi connectivity index (χ3v) is 4.93. The fourth-order valence-corrected chi connectivity index (χ4v) is 4.04. The third-order valence-electron chi connectivity index (χ3n) is 3.01. The third kappa shape index (κ3) is 1.77. The van der Waals surface area contributed by atoms with Crippen LogP contribution in [0.4, 0.5) is 5.13 Å². The highest BCUT2D eigenvalue weighted by atomic mass is 32.2. The molecule has 4 rings (SSSR count). The van der Waals surface area contributed by atoms with Gasteiger partial charge in [0.15, 0.2) is 4.34 Å². The average molecular weight is 291 g/mol. The summed E-state index contributed by atoms with van der Waals surface area (Å²) in [4.78, 5) is 8.72. The number of anilines is 1. The minimum atomic E-state index is 0.475. The van der Waals surface area contributed by atoms with Crippen LogP contribution < -0.4 is 5.73 Å². The van der Waals surface area contributed by atoms with E-state index in [9.17, 15) is 0 Å². The Labute approximate surface area is 116 Å². The Balaban J connectivity index is 1.89. The Kier molecular flexibility index (Phi) is 2.42. The molecule has 0 aliphatic heterocycles. The van der Waals surface area contributed by atoms with Crippen molar-refractivity contribution in [3.8, 4) is 0 Å². The van der Waals surface area contributed by atoms with Gasteiger partial charge in [-0.1, -0.05) is 11.3 Å². The summed E-state index contributed by atoms with van der Waals surface area (Å²) in [6.45, 7) is 0. The van der Waals surface area contributed by atoms with E-state index in [2.05, 4.69) is 25.3 Å². The first-order chi connectivity index (χ1) is 9.31. The number of aryl methyl sites for hydroxylation is 1. The zero-order valence-corrected chi connectivity index (χ0v) is 11.4. The maximum atomic E-state index is 5.62. The van der Waals surface area contributed by atoms with Crippen LogP contribution in [0.25, 0.3) is 5.78 Å². The Hall–Kier alpha value is -1.74. The van der Waals surface area contributed by atoms with Crippen LogP contribution >= 0.6 is 23.1 Å². The summed E-state index contributed by atoms with van der Waals surface area (Å²) >= 11 is 2.91. The van der Waals surface area contributed by atoms with Gasteiger partial charge in [0.05, 0.1) is 5.69 Å². The summed E-state index contributed by atoms with van der Waals surface area (Å²) < 4.78 is 2.58. The van der Waals surface area contributed by atoms with E-state index in [1.807, 2.05) is 0 Å². The molecule has 0 spiro atoms. The summed E-state index contributed by atoms with van der Waals surface area (Å²) in [5.41, 5.74) is 7.99. The van der Waals surface area contributed by atoms with Gasteiger partial charge >= 0.3 is 0 Å². The summed E-state index contributed by atoms with van der Waals surface area (Å²) in [7, 11) is 0. The number of nitrogen functional groups attached to an aromatic ring is 1. The Morgan fingerprint density at radius 2 is 2.26 bits per heavy atom. The van der Waals surface area contributed by atoms with Crippen LogP contribution in [0.3, 0.4) is 0 Å². The molecule has 0 saturated carbocycles. The molecule has 3 heterocycles. The van der Waals surface area contributed by atoms with E-state index in [0.717, 1.165) is 34.3 Å². The van der Waals surface area contributed by atoms with E-state index >= 15 is 0 Å². The number of hydrogen-bond donors (Lipinski definition) is 1. The first kappa shape index (κ1) is 11.1. The molecule has 19 heavy (non-hydrogen) atoms. The quantitative estimate of drug-likeness (QED) is 0.709. The molecule has 7 nitrogen and oxygen atoms in total. The molecule has 0 fully saturated rings. The average Bonchev–Trinajstić information content (AvgIpc) is 3.08. The van der Waals surface area contributed by atoms with Crippen molar-refractivity contribution in [2.24, 2.45) is 0 Å². The molecule has 0 atom stereocenters. The van der Waals surface area contributed by atoms with Crippen molar-refractivity contribution in [2.45, 2.75) is 28.6 Å². The second kappa shape index (κ2) is 4.14. The van der Waals surface area contributed by atoms with Gasteiger partial charge in [-0.15, -0.1) is 10.2 Å². The number of nitrogens with zero attached hydrogens (tertiary/aromatic N) is 6. The summed E-state index contributed by atoms with van der Waals surface area (Å²) in [5, 5.41) is 13.6. The predicted molar refractivity (Wildman–Crippen MR) is 71.3 cm³/mol. The highest BCUT2D eigenvalue weighted by molar-refractivity contribution is 8.01. The van der Waals surface area contributed by atoms with Crippen LogP contribution in [-0.4, -0.2) is 29.8 Å². The van der Waals surface area contributed by atoms with Crippen LogP contribution in [-0.2, 0) is 12.8 Å². The molecule has 0 aromatic carbocycles. The van der Waals surface area contributed by atoms with Crippen molar-refractivity contribution in [3.05, 3.63) is 17.6 Å². The van der Waals surface area contributed by atoms with Gasteiger partial charge in [-0.05, 0) is 31.0 Å². The van der Waals surface area contributed by atoms with Crippen LogP contribution in [0, 0.1) is 0 Å². The lowest BCUT2D eigenvalue weighted by Gasteiger charge is -2.07. The molecule has 0 saturated heterocycles. The van der Waals surface area contributed by atoms with E-state index in [4.69, 9.17) is 5.73 Å². The summed E-state index contributed by atoms with van der Waals surface area (Å²) in [6.07, 6.45) is 4.68. The van der Waals surface area contributed by atoms with E-state index < -0.39 is 0 Å². The lowest BCUT2D eigenvalue weighted by Crippen LogP contribution is -2.02.